The van der Waals surface area contributed by atoms with Crippen LogP contribution in [0.2, 0.25) is 0 Å². The van der Waals surface area contributed by atoms with Gasteiger partial charge in [-0.05, 0) is 34.3 Å². The van der Waals surface area contributed by atoms with E-state index in [1.54, 1.807) is 11.3 Å². The summed E-state index contributed by atoms with van der Waals surface area (Å²) in [5.74, 6) is 0.718. The van der Waals surface area contributed by atoms with Gasteiger partial charge in [0.05, 0.1) is 33.2 Å². The topological polar surface area (TPSA) is 34.2 Å². The van der Waals surface area contributed by atoms with Crippen molar-refractivity contribution in [1.82, 2.24) is 10.3 Å². The van der Waals surface area contributed by atoms with E-state index in [1.807, 2.05) is 0 Å². The van der Waals surface area contributed by atoms with Gasteiger partial charge in [0.1, 0.15) is 0 Å². The first-order valence-electron chi connectivity index (χ1n) is 7.30. The van der Waals surface area contributed by atoms with Gasteiger partial charge in [0, 0.05) is 12.5 Å². The van der Waals surface area contributed by atoms with Gasteiger partial charge in [-0.1, -0.05) is 30.3 Å². The fourth-order valence-electron chi connectivity index (χ4n) is 2.65. The molecule has 2 fully saturated rings. The standard InChI is InChI=1S/C16H17BrN2OS/c17-14-13(19-15(21-14)11-6-7-11)8-18-16(9-20-10-16)12-4-2-1-3-5-12/h1-5,11,18H,6-10H2. The molecule has 1 aromatic carbocycles. The maximum absolute atomic E-state index is 5.47. The molecule has 21 heavy (non-hydrogen) atoms. The molecule has 0 amide bonds. The van der Waals surface area contributed by atoms with Crippen LogP contribution >= 0.6 is 27.3 Å². The first-order valence-corrected chi connectivity index (χ1v) is 8.91. The van der Waals surface area contributed by atoms with E-state index in [-0.39, 0.29) is 5.54 Å². The van der Waals surface area contributed by atoms with Crippen molar-refractivity contribution in [1.29, 1.82) is 0 Å². The van der Waals surface area contributed by atoms with Crippen molar-refractivity contribution in [3.05, 3.63) is 50.4 Å². The van der Waals surface area contributed by atoms with E-state index in [0.717, 1.165) is 31.4 Å². The lowest BCUT2D eigenvalue weighted by atomic mass is 9.88. The second-order valence-electron chi connectivity index (χ2n) is 5.84. The lowest BCUT2D eigenvalue weighted by molar-refractivity contribution is -0.0797. The minimum absolute atomic E-state index is 0.0515. The SMILES string of the molecule is Brc1sc(C2CC2)nc1CNC1(c2ccccc2)COC1. The number of thiazole rings is 1. The van der Waals surface area contributed by atoms with E-state index < -0.39 is 0 Å². The molecule has 4 rings (SSSR count). The number of hydrogen-bond acceptors (Lipinski definition) is 4. The fourth-order valence-corrected chi connectivity index (χ4v) is 4.36. The summed E-state index contributed by atoms with van der Waals surface area (Å²) in [7, 11) is 0. The molecule has 1 aliphatic carbocycles. The molecule has 1 N–H and O–H groups in total. The Balaban J connectivity index is 1.50. The fraction of sp³-hybridized carbons (Fsp3) is 0.438. The second-order valence-corrected chi connectivity index (χ2v) is 8.19. The van der Waals surface area contributed by atoms with Crippen LogP contribution in [-0.4, -0.2) is 18.2 Å². The number of aromatic nitrogens is 1. The maximum Gasteiger partial charge on any atom is 0.0971 e. The smallest absolute Gasteiger partial charge is 0.0971 e. The molecule has 0 atom stereocenters. The average Bonchev–Trinajstić information content (AvgIpc) is 3.24. The van der Waals surface area contributed by atoms with Crippen LogP contribution in [0.15, 0.2) is 34.1 Å². The van der Waals surface area contributed by atoms with E-state index in [0.29, 0.717) is 0 Å². The quantitative estimate of drug-likeness (QED) is 0.875. The van der Waals surface area contributed by atoms with E-state index in [4.69, 9.17) is 9.72 Å². The first kappa shape index (κ1) is 13.9. The Morgan fingerprint density at radius 1 is 1.29 bits per heavy atom. The molecular weight excluding hydrogens is 348 g/mol. The summed E-state index contributed by atoms with van der Waals surface area (Å²) < 4.78 is 6.64. The highest BCUT2D eigenvalue weighted by molar-refractivity contribution is 9.11. The number of ether oxygens (including phenoxy) is 1. The largest absolute Gasteiger partial charge is 0.377 e. The van der Waals surface area contributed by atoms with Gasteiger partial charge in [0.15, 0.2) is 0 Å². The molecule has 2 aliphatic rings. The zero-order valence-electron chi connectivity index (χ0n) is 11.6. The zero-order chi connectivity index (χ0) is 14.3. The van der Waals surface area contributed by atoms with Crippen molar-refractivity contribution < 1.29 is 4.74 Å². The van der Waals surface area contributed by atoms with Crippen LogP contribution in [0.25, 0.3) is 0 Å². The molecule has 1 aromatic heterocycles. The van der Waals surface area contributed by atoms with Gasteiger partial charge in [0.25, 0.3) is 0 Å². The van der Waals surface area contributed by atoms with Crippen LogP contribution in [0.5, 0.6) is 0 Å². The van der Waals surface area contributed by atoms with Crippen LogP contribution in [0.4, 0.5) is 0 Å². The van der Waals surface area contributed by atoms with Crippen molar-refractivity contribution in [2.75, 3.05) is 13.2 Å². The third-order valence-electron chi connectivity index (χ3n) is 4.21. The number of nitrogens with zero attached hydrogens (tertiary/aromatic N) is 1. The average molecular weight is 365 g/mol. The van der Waals surface area contributed by atoms with Crippen LogP contribution in [-0.2, 0) is 16.8 Å². The maximum atomic E-state index is 5.47. The van der Waals surface area contributed by atoms with Crippen molar-refractivity contribution in [3.8, 4) is 0 Å². The summed E-state index contributed by atoms with van der Waals surface area (Å²) >= 11 is 5.45. The van der Waals surface area contributed by atoms with Crippen molar-refractivity contribution in [3.63, 3.8) is 0 Å². The van der Waals surface area contributed by atoms with Crippen LogP contribution < -0.4 is 5.32 Å². The molecule has 0 radical (unpaired) electrons. The van der Waals surface area contributed by atoms with E-state index in [9.17, 15) is 0 Å². The van der Waals surface area contributed by atoms with Gasteiger partial charge in [-0.25, -0.2) is 4.98 Å². The van der Waals surface area contributed by atoms with Gasteiger partial charge in [-0.2, -0.15) is 0 Å². The Hall–Kier alpha value is -0.750. The van der Waals surface area contributed by atoms with Crippen molar-refractivity contribution >= 4 is 27.3 Å². The molecule has 0 spiro atoms. The van der Waals surface area contributed by atoms with Gasteiger partial charge in [-0.3, -0.25) is 5.32 Å². The van der Waals surface area contributed by atoms with Crippen LogP contribution in [0.3, 0.4) is 0 Å². The summed E-state index contributed by atoms with van der Waals surface area (Å²) in [5, 5.41) is 4.96. The van der Waals surface area contributed by atoms with E-state index in [2.05, 4.69) is 51.6 Å². The van der Waals surface area contributed by atoms with Crippen LogP contribution in [0.1, 0.15) is 35.0 Å². The third kappa shape index (κ3) is 2.68. The van der Waals surface area contributed by atoms with Crippen molar-refractivity contribution in [2.45, 2.75) is 30.8 Å². The Morgan fingerprint density at radius 3 is 2.67 bits per heavy atom. The molecule has 1 saturated carbocycles. The lowest BCUT2D eigenvalue weighted by Gasteiger charge is -2.42. The van der Waals surface area contributed by atoms with E-state index in [1.165, 1.54) is 27.2 Å². The van der Waals surface area contributed by atoms with Gasteiger partial charge in [-0.15, -0.1) is 11.3 Å². The van der Waals surface area contributed by atoms with Gasteiger partial charge < -0.3 is 4.74 Å². The highest BCUT2D eigenvalue weighted by atomic mass is 79.9. The highest BCUT2D eigenvalue weighted by Gasteiger charge is 2.40. The Labute approximate surface area is 136 Å². The Morgan fingerprint density at radius 2 is 2.05 bits per heavy atom. The minimum Gasteiger partial charge on any atom is -0.377 e. The molecule has 0 bridgehead atoms. The molecule has 1 saturated heterocycles. The predicted octanol–water partition coefficient (Wildman–Crippen LogP) is 3.80. The number of halogens is 1. The molecule has 1 aliphatic heterocycles. The third-order valence-corrected chi connectivity index (χ3v) is 6.20. The Kier molecular flexibility index (Phi) is 3.61. The monoisotopic (exact) mass is 364 g/mol. The number of benzene rings is 1. The lowest BCUT2D eigenvalue weighted by Crippen LogP contribution is -2.57. The zero-order valence-corrected chi connectivity index (χ0v) is 14.0. The summed E-state index contributed by atoms with van der Waals surface area (Å²) in [6, 6.07) is 10.6. The molecule has 3 nitrogen and oxygen atoms in total. The normalized spacial score (nSPS) is 20.2. The molecule has 2 aromatic rings. The summed E-state index contributed by atoms with van der Waals surface area (Å²) in [6.07, 6.45) is 2.60. The second kappa shape index (κ2) is 5.47. The van der Waals surface area contributed by atoms with Crippen molar-refractivity contribution in [2.24, 2.45) is 0 Å². The summed E-state index contributed by atoms with van der Waals surface area (Å²) in [6.45, 7) is 2.24. The summed E-state index contributed by atoms with van der Waals surface area (Å²) in [5.41, 5.74) is 2.37. The summed E-state index contributed by atoms with van der Waals surface area (Å²) in [4.78, 5) is 4.80. The van der Waals surface area contributed by atoms with E-state index >= 15 is 0 Å². The number of hydrogen-bond donors (Lipinski definition) is 1. The van der Waals surface area contributed by atoms with Gasteiger partial charge in [0.2, 0.25) is 0 Å². The molecular formula is C16H17BrN2OS. The molecule has 110 valence electrons. The Bertz CT molecular complexity index is 635. The minimum atomic E-state index is -0.0515. The molecule has 5 heteroatoms. The molecule has 0 unspecified atom stereocenters. The van der Waals surface area contributed by atoms with Gasteiger partial charge >= 0.3 is 0 Å². The highest BCUT2D eigenvalue weighted by Crippen LogP contribution is 2.44. The number of nitrogens with one attached hydrogen (secondary N) is 1. The first-order chi connectivity index (χ1) is 10.3. The predicted molar refractivity (Wildman–Crippen MR) is 87.6 cm³/mol. The number of rotatable bonds is 5. The molecule has 2 heterocycles. The van der Waals surface area contributed by atoms with Crippen LogP contribution in [0, 0.1) is 0 Å².